The Morgan fingerprint density at radius 2 is 1.96 bits per heavy atom. The van der Waals surface area contributed by atoms with Gasteiger partial charge in [0.1, 0.15) is 5.58 Å². The van der Waals surface area contributed by atoms with E-state index in [1.54, 1.807) is 6.26 Å². The van der Waals surface area contributed by atoms with Crippen molar-refractivity contribution in [3.05, 3.63) is 72.1 Å². The molecule has 0 bridgehead atoms. The lowest BCUT2D eigenvalue weighted by atomic mass is 9.85. The largest absolute Gasteiger partial charge is 0.464 e. The van der Waals surface area contributed by atoms with E-state index in [0.29, 0.717) is 6.04 Å². The Labute approximate surface area is 166 Å². The highest BCUT2D eigenvalue weighted by molar-refractivity contribution is 5.79. The first kappa shape index (κ1) is 17.4. The second-order valence-corrected chi connectivity index (χ2v) is 9.50. The summed E-state index contributed by atoms with van der Waals surface area (Å²) in [6.45, 7) is 11.3. The highest BCUT2D eigenvalue weighted by Gasteiger charge is 2.47. The molecule has 5 rings (SSSR count). The molecule has 1 aromatic heterocycles. The number of furan rings is 1. The van der Waals surface area contributed by atoms with Gasteiger partial charge in [0.2, 0.25) is 0 Å². The van der Waals surface area contributed by atoms with E-state index >= 15 is 0 Å². The maximum atomic E-state index is 5.49. The minimum absolute atomic E-state index is 0.0384. The maximum absolute atomic E-state index is 5.49. The molecule has 1 unspecified atom stereocenters. The topological polar surface area (TPSA) is 37.2 Å². The molecule has 1 aliphatic carbocycles. The molecule has 2 aromatic carbocycles. The van der Waals surface area contributed by atoms with Crippen LogP contribution in [0.2, 0.25) is 0 Å². The monoisotopic (exact) mass is 372 g/mol. The SMILES string of the molecule is C=C(Nc1ccc2c(c1)CC(C(C)(C)C)N2)C1(c2ccc3occc3c2)CC1. The molecule has 0 amide bonds. The zero-order chi connectivity index (χ0) is 19.5. The van der Waals surface area contributed by atoms with Crippen LogP contribution in [0.4, 0.5) is 11.4 Å². The molecule has 0 radical (unpaired) electrons. The number of fused-ring (bicyclic) bond motifs is 2. The predicted octanol–water partition coefficient (Wildman–Crippen LogP) is 6.47. The number of rotatable bonds is 4. The van der Waals surface area contributed by atoms with Crippen molar-refractivity contribution >= 4 is 22.3 Å². The van der Waals surface area contributed by atoms with Crippen molar-refractivity contribution in [2.45, 2.75) is 51.5 Å². The van der Waals surface area contributed by atoms with Gasteiger partial charge in [0.05, 0.1) is 6.26 Å². The molecule has 0 saturated heterocycles. The Morgan fingerprint density at radius 3 is 2.71 bits per heavy atom. The first-order valence-corrected chi connectivity index (χ1v) is 10.2. The van der Waals surface area contributed by atoms with Crippen molar-refractivity contribution in [2.24, 2.45) is 5.41 Å². The molecule has 144 valence electrons. The van der Waals surface area contributed by atoms with Crippen LogP contribution in [0, 0.1) is 5.41 Å². The van der Waals surface area contributed by atoms with Crippen molar-refractivity contribution in [3.8, 4) is 0 Å². The molecule has 2 N–H and O–H groups in total. The lowest BCUT2D eigenvalue weighted by Crippen LogP contribution is -2.31. The molecule has 1 aliphatic heterocycles. The summed E-state index contributed by atoms with van der Waals surface area (Å²) in [7, 11) is 0. The second-order valence-electron chi connectivity index (χ2n) is 9.50. The van der Waals surface area contributed by atoms with Crippen molar-refractivity contribution in [3.63, 3.8) is 0 Å². The van der Waals surface area contributed by atoms with E-state index in [4.69, 9.17) is 4.42 Å². The van der Waals surface area contributed by atoms with E-state index in [1.807, 2.05) is 6.07 Å². The normalized spacial score (nSPS) is 19.9. The van der Waals surface area contributed by atoms with Gasteiger partial charge in [-0.25, -0.2) is 0 Å². The Morgan fingerprint density at radius 1 is 1.14 bits per heavy atom. The summed E-state index contributed by atoms with van der Waals surface area (Å²) in [5.74, 6) is 0. The summed E-state index contributed by atoms with van der Waals surface area (Å²) in [6, 6.07) is 15.7. The number of benzene rings is 2. The van der Waals surface area contributed by atoms with Crippen LogP contribution in [0.25, 0.3) is 11.0 Å². The third-order valence-corrected chi connectivity index (χ3v) is 6.53. The van der Waals surface area contributed by atoms with Gasteiger partial charge >= 0.3 is 0 Å². The van der Waals surface area contributed by atoms with Crippen LogP contribution < -0.4 is 10.6 Å². The maximum Gasteiger partial charge on any atom is 0.133 e. The summed E-state index contributed by atoms with van der Waals surface area (Å²) in [5.41, 5.74) is 7.44. The van der Waals surface area contributed by atoms with E-state index in [-0.39, 0.29) is 10.8 Å². The summed E-state index contributed by atoms with van der Waals surface area (Å²) >= 11 is 0. The number of nitrogens with one attached hydrogen (secondary N) is 2. The van der Waals surface area contributed by atoms with Gasteiger partial charge in [0.15, 0.2) is 0 Å². The van der Waals surface area contributed by atoms with Crippen molar-refractivity contribution in [1.29, 1.82) is 0 Å². The molecule has 3 heteroatoms. The van der Waals surface area contributed by atoms with Crippen LogP contribution in [0.15, 0.2) is 65.4 Å². The smallest absolute Gasteiger partial charge is 0.133 e. The highest BCUT2D eigenvalue weighted by atomic mass is 16.3. The Balaban J connectivity index is 1.36. The molecule has 1 atom stereocenters. The molecule has 2 heterocycles. The van der Waals surface area contributed by atoms with Crippen LogP contribution in [-0.2, 0) is 11.8 Å². The lowest BCUT2D eigenvalue weighted by molar-refractivity contribution is 0.347. The number of hydrogen-bond acceptors (Lipinski definition) is 3. The zero-order valence-corrected chi connectivity index (χ0v) is 16.9. The van der Waals surface area contributed by atoms with Crippen molar-refractivity contribution in [1.82, 2.24) is 0 Å². The molecule has 2 aliphatic rings. The molecule has 0 spiro atoms. The van der Waals surface area contributed by atoms with Crippen molar-refractivity contribution < 1.29 is 4.42 Å². The zero-order valence-electron chi connectivity index (χ0n) is 16.9. The fraction of sp³-hybridized carbons (Fsp3) is 0.360. The van der Waals surface area contributed by atoms with Crippen LogP contribution in [0.1, 0.15) is 44.7 Å². The molecular weight excluding hydrogens is 344 g/mol. The van der Waals surface area contributed by atoms with Crippen molar-refractivity contribution in [2.75, 3.05) is 10.6 Å². The first-order chi connectivity index (χ1) is 13.3. The van der Waals surface area contributed by atoms with E-state index in [1.165, 1.54) is 16.8 Å². The summed E-state index contributed by atoms with van der Waals surface area (Å²) in [4.78, 5) is 0. The summed E-state index contributed by atoms with van der Waals surface area (Å²) in [6.07, 6.45) is 5.11. The summed E-state index contributed by atoms with van der Waals surface area (Å²) < 4.78 is 5.49. The average molecular weight is 373 g/mol. The van der Waals surface area contributed by atoms with E-state index < -0.39 is 0 Å². The molecule has 3 aromatic rings. The van der Waals surface area contributed by atoms with Crippen LogP contribution in [0.3, 0.4) is 0 Å². The minimum Gasteiger partial charge on any atom is -0.464 e. The van der Waals surface area contributed by atoms with Gasteiger partial charge in [0, 0.05) is 33.9 Å². The quantitative estimate of drug-likeness (QED) is 0.551. The Kier molecular flexibility index (Phi) is 3.67. The lowest BCUT2D eigenvalue weighted by Gasteiger charge is -2.27. The van der Waals surface area contributed by atoms with E-state index in [9.17, 15) is 0 Å². The van der Waals surface area contributed by atoms with E-state index in [0.717, 1.165) is 41.6 Å². The van der Waals surface area contributed by atoms with E-state index in [2.05, 4.69) is 74.4 Å². The Hall–Kier alpha value is -2.68. The fourth-order valence-corrected chi connectivity index (χ4v) is 4.41. The molecule has 28 heavy (non-hydrogen) atoms. The fourth-order valence-electron chi connectivity index (χ4n) is 4.41. The van der Waals surface area contributed by atoms with Gasteiger partial charge in [-0.3, -0.25) is 0 Å². The molecular formula is C25H28N2O. The third-order valence-electron chi connectivity index (χ3n) is 6.53. The number of anilines is 2. The van der Waals surface area contributed by atoms with Gasteiger partial charge in [-0.1, -0.05) is 33.4 Å². The Bertz CT molecular complexity index is 1070. The molecule has 1 saturated carbocycles. The first-order valence-electron chi connectivity index (χ1n) is 10.2. The van der Waals surface area contributed by atoms with Gasteiger partial charge in [-0.05, 0) is 72.2 Å². The standard InChI is InChI=1S/C25H28N2O/c1-16(25(10-11-25)19-5-8-22-17(13-19)9-12-28-22)26-20-6-7-21-18(14-20)15-23(27-21)24(2,3)4/h5-9,12-14,23,26-27H,1,10-11,15H2,2-4H3. The predicted molar refractivity (Wildman–Crippen MR) is 117 cm³/mol. The van der Waals surface area contributed by atoms with Crippen LogP contribution in [0.5, 0.6) is 0 Å². The molecule has 3 nitrogen and oxygen atoms in total. The number of hydrogen-bond donors (Lipinski definition) is 2. The highest BCUT2D eigenvalue weighted by Crippen LogP contribution is 2.53. The van der Waals surface area contributed by atoms with Gasteiger partial charge in [-0.15, -0.1) is 0 Å². The molecule has 1 fully saturated rings. The summed E-state index contributed by atoms with van der Waals surface area (Å²) in [5, 5.41) is 8.46. The van der Waals surface area contributed by atoms with Gasteiger partial charge < -0.3 is 15.1 Å². The minimum atomic E-state index is 0.0384. The third kappa shape index (κ3) is 2.81. The average Bonchev–Trinajstić information content (AvgIpc) is 3.13. The van der Waals surface area contributed by atoms with Crippen LogP contribution in [-0.4, -0.2) is 6.04 Å². The second kappa shape index (κ2) is 5.91. The number of allylic oxidation sites excluding steroid dienone is 1. The van der Waals surface area contributed by atoms with Gasteiger partial charge in [-0.2, -0.15) is 0 Å². The van der Waals surface area contributed by atoms with Crippen LogP contribution >= 0.6 is 0 Å². The van der Waals surface area contributed by atoms with Gasteiger partial charge in [0.25, 0.3) is 0 Å².